The van der Waals surface area contributed by atoms with E-state index in [1.807, 2.05) is 6.92 Å². The van der Waals surface area contributed by atoms with Gasteiger partial charge in [-0.2, -0.15) is 0 Å². The first-order valence-corrected chi connectivity index (χ1v) is 7.24. The SMILES string of the molecule is C.C.C=C(Br)CCCC(=O)OC.C=C([13CH3])CCCC(=O)OC. The van der Waals surface area contributed by atoms with Crippen molar-refractivity contribution in [3.05, 3.63) is 23.2 Å². The Morgan fingerprint density at radius 2 is 1.23 bits per heavy atom. The van der Waals surface area contributed by atoms with Gasteiger partial charge in [0.25, 0.3) is 0 Å². The summed E-state index contributed by atoms with van der Waals surface area (Å²) in [6, 6.07) is 0. The molecular formula is C17H33BrO4. The van der Waals surface area contributed by atoms with Crippen molar-refractivity contribution < 1.29 is 19.1 Å². The van der Waals surface area contributed by atoms with E-state index >= 15 is 0 Å². The highest BCUT2D eigenvalue weighted by molar-refractivity contribution is 9.11. The lowest BCUT2D eigenvalue weighted by Gasteiger charge is -1.97. The average Bonchev–Trinajstić information content (AvgIpc) is 2.38. The molecule has 0 fully saturated rings. The number of hydrogen-bond donors (Lipinski definition) is 0. The zero-order valence-electron chi connectivity index (χ0n) is 12.7. The summed E-state index contributed by atoms with van der Waals surface area (Å²) in [5.74, 6) is -0.296. The van der Waals surface area contributed by atoms with Crippen molar-refractivity contribution in [3.8, 4) is 0 Å². The lowest BCUT2D eigenvalue weighted by atomic mass is 10.2. The molecule has 0 aliphatic heterocycles. The van der Waals surface area contributed by atoms with Gasteiger partial charge in [0, 0.05) is 12.8 Å². The molecule has 0 amide bonds. The Hall–Kier alpha value is -1.10. The molecule has 0 aliphatic carbocycles. The van der Waals surface area contributed by atoms with Crippen LogP contribution in [0.25, 0.3) is 0 Å². The quantitative estimate of drug-likeness (QED) is 0.320. The van der Waals surface area contributed by atoms with Gasteiger partial charge in [0.15, 0.2) is 0 Å². The highest BCUT2D eigenvalue weighted by atomic mass is 79.9. The lowest BCUT2D eigenvalue weighted by Crippen LogP contribution is -1.99. The van der Waals surface area contributed by atoms with Crippen molar-refractivity contribution in [1.82, 2.24) is 0 Å². The number of esters is 2. The Balaban J connectivity index is -0.000000135. The zero-order valence-corrected chi connectivity index (χ0v) is 14.3. The topological polar surface area (TPSA) is 52.6 Å². The average molecular weight is 382 g/mol. The van der Waals surface area contributed by atoms with Gasteiger partial charge in [-0.25, -0.2) is 0 Å². The molecule has 0 rings (SSSR count). The number of carbonyl (C=O) groups is 2. The Kier molecular flexibility index (Phi) is 26.2. The second-order valence-corrected chi connectivity index (χ2v) is 5.46. The maximum Gasteiger partial charge on any atom is 0.305 e. The molecule has 0 atom stereocenters. The molecule has 0 N–H and O–H groups in total. The minimum absolute atomic E-state index is 0. The monoisotopic (exact) mass is 381 g/mol. The van der Waals surface area contributed by atoms with Crippen molar-refractivity contribution in [1.29, 1.82) is 0 Å². The number of hydrogen-bond acceptors (Lipinski definition) is 4. The number of ether oxygens (including phenoxy) is 2. The van der Waals surface area contributed by atoms with E-state index in [0.717, 1.165) is 35.7 Å². The summed E-state index contributed by atoms with van der Waals surface area (Å²) in [5.41, 5.74) is 1.11. The van der Waals surface area contributed by atoms with Crippen LogP contribution in [-0.2, 0) is 19.1 Å². The van der Waals surface area contributed by atoms with Gasteiger partial charge >= 0.3 is 11.9 Å². The Bertz CT molecular complexity index is 293. The van der Waals surface area contributed by atoms with Crippen molar-refractivity contribution in [2.75, 3.05) is 14.2 Å². The normalized spacial score (nSPS) is 8.18. The summed E-state index contributed by atoms with van der Waals surface area (Å²) in [7, 11) is 2.80. The van der Waals surface area contributed by atoms with E-state index in [0.29, 0.717) is 12.8 Å². The summed E-state index contributed by atoms with van der Waals surface area (Å²) < 4.78 is 9.84. The van der Waals surface area contributed by atoms with Crippen LogP contribution in [0, 0.1) is 0 Å². The Morgan fingerprint density at radius 1 is 0.864 bits per heavy atom. The molecule has 0 saturated carbocycles. The van der Waals surface area contributed by atoms with Crippen LogP contribution in [0.2, 0.25) is 0 Å². The third-order valence-electron chi connectivity index (χ3n) is 2.27. The van der Waals surface area contributed by atoms with Gasteiger partial charge in [0.2, 0.25) is 0 Å². The van der Waals surface area contributed by atoms with Gasteiger partial charge in [-0.3, -0.25) is 9.59 Å². The van der Waals surface area contributed by atoms with Crippen LogP contribution in [0.5, 0.6) is 0 Å². The van der Waals surface area contributed by atoms with Crippen molar-refractivity contribution >= 4 is 27.9 Å². The van der Waals surface area contributed by atoms with Gasteiger partial charge in [-0.1, -0.05) is 42.9 Å². The summed E-state index contributed by atoms with van der Waals surface area (Å²) in [6.45, 7) is 9.32. The van der Waals surface area contributed by atoms with Gasteiger partial charge in [-0.05, 0) is 37.1 Å². The second-order valence-electron chi connectivity index (χ2n) is 4.33. The van der Waals surface area contributed by atoms with Crippen LogP contribution in [0.15, 0.2) is 23.2 Å². The molecule has 22 heavy (non-hydrogen) atoms. The van der Waals surface area contributed by atoms with Crippen LogP contribution in [0.4, 0.5) is 0 Å². The van der Waals surface area contributed by atoms with Gasteiger partial charge in [0.05, 0.1) is 14.2 Å². The molecule has 132 valence electrons. The molecule has 0 heterocycles. The van der Waals surface area contributed by atoms with Crippen LogP contribution in [0.3, 0.4) is 0 Å². The van der Waals surface area contributed by atoms with Crippen LogP contribution in [0.1, 0.15) is 60.3 Å². The first-order valence-electron chi connectivity index (χ1n) is 6.44. The lowest BCUT2D eigenvalue weighted by molar-refractivity contribution is -0.141. The molecule has 0 aromatic heterocycles. The fourth-order valence-corrected chi connectivity index (χ4v) is 1.44. The van der Waals surface area contributed by atoms with Gasteiger partial charge < -0.3 is 9.47 Å². The fraction of sp³-hybridized carbons (Fsp3) is 0.647. The summed E-state index contributed by atoms with van der Waals surface area (Å²) >= 11 is 3.20. The molecule has 0 unspecified atom stereocenters. The van der Waals surface area contributed by atoms with E-state index in [1.54, 1.807) is 0 Å². The number of carbonyl (C=O) groups excluding carboxylic acids is 2. The molecule has 0 bridgehead atoms. The minimum Gasteiger partial charge on any atom is -0.469 e. The van der Waals surface area contributed by atoms with E-state index in [-0.39, 0.29) is 26.8 Å². The molecule has 0 spiro atoms. The first kappa shape index (κ1) is 29.0. The maximum absolute atomic E-state index is 10.5. The highest BCUT2D eigenvalue weighted by Crippen LogP contribution is 2.11. The summed E-state index contributed by atoms with van der Waals surface area (Å²) in [6.07, 6.45) is 4.37. The second kappa shape index (κ2) is 19.9. The van der Waals surface area contributed by atoms with Gasteiger partial charge in [-0.15, -0.1) is 6.58 Å². The predicted molar refractivity (Wildman–Crippen MR) is 98.1 cm³/mol. The van der Waals surface area contributed by atoms with Crippen molar-refractivity contribution in [3.63, 3.8) is 0 Å². The molecule has 0 aromatic rings. The smallest absolute Gasteiger partial charge is 0.305 e. The Morgan fingerprint density at radius 3 is 1.50 bits per heavy atom. The molecule has 0 aliphatic rings. The Labute approximate surface area is 145 Å². The van der Waals surface area contributed by atoms with E-state index in [1.165, 1.54) is 14.2 Å². The van der Waals surface area contributed by atoms with E-state index in [2.05, 4.69) is 38.6 Å². The van der Waals surface area contributed by atoms with E-state index in [4.69, 9.17) is 0 Å². The molecule has 4 nitrogen and oxygen atoms in total. The van der Waals surface area contributed by atoms with Crippen LogP contribution < -0.4 is 0 Å². The molecule has 0 aromatic carbocycles. The number of methoxy groups -OCH3 is 2. The standard InChI is InChI=1S/C8H14O2.C7H11BrO2.2CH4/c1-7(2)5-4-6-8(9)10-3;1-6(8)4-3-5-7(9)10-2;;/h1,4-6H2,2-3H3;1,3-5H2,2H3;2*1H4/i2+1;;;. The summed E-state index contributed by atoms with van der Waals surface area (Å²) in [4.78, 5) is 21.1. The van der Waals surface area contributed by atoms with Gasteiger partial charge in [0.1, 0.15) is 0 Å². The first-order chi connectivity index (χ1) is 9.33. The minimum atomic E-state index is -0.159. The molecule has 0 saturated heterocycles. The summed E-state index contributed by atoms with van der Waals surface area (Å²) in [5, 5.41) is 0. The largest absolute Gasteiger partial charge is 0.469 e. The highest BCUT2D eigenvalue weighted by Gasteiger charge is 1.99. The predicted octanol–water partition coefficient (Wildman–Crippen LogP) is 5.42. The van der Waals surface area contributed by atoms with E-state index in [9.17, 15) is 9.59 Å². The maximum atomic E-state index is 10.5. The molecule has 5 heteroatoms. The fourth-order valence-electron chi connectivity index (χ4n) is 1.16. The number of allylic oxidation sites excluding steroid dienone is 2. The molecule has 0 radical (unpaired) electrons. The van der Waals surface area contributed by atoms with Crippen molar-refractivity contribution in [2.45, 2.75) is 60.3 Å². The third-order valence-corrected chi connectivity index (χ3v) is 2.67. The molecular weight excluding hydrogens is 349 g/mol. The third kappa shape index (κ3) is 27.3. The zero-order chi connectivity index (χ0) is 16.0. The van der Waals surface area contributed by atoms with Crippen LogP contribution in [-0.4, -0.2) is 26.2 Å². The number of rotatable bonds is 8. The van der Waals surface area contributed by atoms with E-state index < -0.39 is 0 Å². The number of halogens is 1. The van der Waals surface area contributed by atoms with Crippen molar-refractivity contribution in [2.24, 2.45) is 0 Å². The van der Waals surface area contributed by atoms with Crippen LogP contribution >= 0.6 is 15.9 Å².